The van der Waals surface area contributed by atoms with Gasteiger partial charge in [-0.25, -0.2) is 0 Å². The number of hydrogen-bond donors (Lipinski definition) is 1. The molecule has 2 heterocycles. The van der Waals surface area contributed by atoms with E-state index < -0.39 is 12.2 Å². The van der Waals surface area contributed by atoms with Gasteiger partial charge in [0.05, 0.1) is 0 Å². The van der Waals surface area contributed by atoms with Crippen molar-refractivity contribution in [3.05, 3.63) is 0 Å². The van der Waals surface area contributed by atoms with Crippen molar-refractivity contribution in [1.82, 2.24) is 4.90 Å². The molecule has 0 bridgehead atoms. The molecule has 2 fully saturated rings. The maximum atomic E-state index is 13.0. The summed E-state index contributed by atoms with van der Waals surface area (Å²) in [5.41, 5.74) is 5.66. The molecule has 0 aliphatic carbocycles. The highest BCUT2D eigenvalue weighted by Gasteiger charge is 2.48. The van der Waals surface area contributed by atoms with E-state index >= 15 is 0 Å². The smallest absolute Gasteiger partial charge is 0.381 e. The van der Waals surface area contributed by atoms with Gasteiger partial charge in [0.15, 0.2) is 0 Å². The number of nitrogens with two attached hydrogens (primary N) is 1. The lowest BCUT2D eigenvalue weighted by molar-refractivity contribution is -0.202. The maximum Gasteiger partial charge on any atom is 0.404 e. The lowest BCUT2D eigenvalue weighted by atomic mass is 9.93. The molecule has 6 heteroatoms. The molecule has 3 nitrogen and oxygen atoms in total. The summed E-state index contributed by atoms with van der Waals surface area (Å²) in [5.74, 6) is 0. The zero-order valence-electron chi connectivity index (χ0n) is 9.75. The molecule has 2 saturated heterocycles. The van der Waals surface area contributed by atoms with Gasteiger partial charge in [-0.1, -0.05) is 0 Å². The first kappa shape index (κ1) is 13.1. The Morgan fingerprint density at radius 2 is 1.76 bits per heavy atom. The highest BCUT2D eigenvalue weighted by Crippen LogP contribution is 2.34. The summed E-state index contributed by atoms with van der Waals surface area (Å²) < 4.78 is 44.2. The summed E-state index contributed by atoms with van der Waals surface area (Å²) in [5, 5.41) is 0. The predicted molar refractivity (Wildman–Crippen MR) is 57.6 cm³/mol. The first-order chi connectivity index (χ1) is 7.98. The van der Waals surface area contributed by atoms with Crippen LogP contribution in [0.25, 0.3) is 0 Å². The predicted octanol–water partition coefficient (Wildman–Crippen LogP) is 1.52. The molecule has 17 heavy (non-hydrogen) atoms. The van der Waals surface area contributed by atoms with Gasteiger partial charge in [0, 0.05) is 31.8 Å². The van der Waals surface area contributed by atoms with Crippen LogP contribution in [-0.4, -0.2) is 49.0 Å². The van der Waals surface area contributed by atoms with Crippen LogP contribution in [0.5, 0.6) is 0 Å². The fourth-order valence-corrected chi connectivity index (χ4v) is 2.79. The van der Waals surface area contributed by atoms with Crippen molar-refractivity contribution in [1.29, 1.82) is 0 Å². The van der Waals surface area contributed by atoms with Crippen LogP contribution >= 0.6 is 0 Å². The average molecular weight is 252 g/mol. The number of hydrogen-bond acceptors (Lipinski definition) is 3. The topological polar surface area (TPSA) is 38.5 Å². The second kappa shape index (κ2) is 5.12. The zero-order valence-corrected chi connectivity index (χ0v) is 9.75. The number of likely N-dealkylation sites (tertiary alicyclic amines) is 1. The Labute approximate surface area is 99.1 Å². The van der Waals surface area contributed by atoms with Crippen molar-refractivity contribution in [3.63, 3.8) is 0 Å². The van der Waals surface area contributed by atoms with Gasteiger partial charge in [0.25, 0.3) is 0 Å². The quantitative estimate of drug-likeness (QED) is 0.769. The summed E-state index contributed by atoms with van der Waals surface area (Å²) in [7, 11) is 0. The van der Waals surface area contributed by atoms with Gasteiger partial charge in [0.1, 0.15) is 6.04 Å². The zero-order chi connectivity index (χ0) is 12.5. The van der Waals surface area contributed by atoms with Crippen molar-refractivity contribution in [2.45, 2.75) is 50.0 Å². The van der Waals surface area contributed by atoms with Crippen molar-refractivity contribution < 1.29 is 17.9 Å². The molecule has 2 atom stereocenters. The number of alkyl halides is 3. The van der Waals surface area contributed by atoms with Crippen LogP contribution in [0.15, 0.2) is 0 Å². The number of piperidine rings is 1. The minimum absolute atomic E-state index is 0.00266. The van der Waals surface area contributed by atoms with Crippen LogP contribution in [0.2, 0.25) is 0 Å². The van der Waals surface area contributed by atoms with Crippen LogP contribution in [-0.2, 0) is 4.74 Å². The fourth-order valence-electron chi connectivity index (χ4n) is 2.79. The Bertz CT molecular complexity index is 254. The van der Waals surface area contributed by atoms with Crippen LogP contribution in [0.3, 0.4) is 0 Å². The molecule has 0 aromatic rings. The first-order valence-corrected chi connectivity index (χ1v) is 6.14. The monoisotopic (exact) mass is 252 g/mol. The normalized spacial score (nSPS) is 33.9. The Morgan fingerprint density at radius 1 is 1.12 bits per heavy atom. The molecule has 0 spiro atoms. The van der Waals surface area contributed by atoms with Crippen molar-refractivity contribution in [2.75, 3.05) is 19.8 Å². The third kappa shape index (κ3) is 3.11. The molecule has 2 aliphatic heterocycles. The molecule has 0 saturated carbocycles. The summed E-state index contributed by atoms with van der Waals surface area (Å²) in [6, 6.07) is -1.69. The molecular formula is C11H19F3N2O. The Balaban J connectivity index is 2.06. The van der Waals surface area contributed by atoms with E-state index in [1.54, 1.807) is 4.90 Å². The molecule has 0 amide bonds. The van der Waals surface area contributed by atoms with Gasteiger partial charge in [-0.3, -0.25) is 4.90 Å². The van der Waals surface area contributed by atoms with Crippen LogP contribution < -0.4 is 5.73 Å². The highest BCUT2D eigenvalue weighted by atomic mass is 19.4. The Hall–Kier alpha value is -0.330. The number of rotatable bonds is 1. The van der Waals surface area contributed by atoms with E-state index in [1.165, 1.54) is 0 Å². The van der Waals surface area contributed by atoms with E-state index in [2.05, 4.69) is 0 Å². The molecule has 2 N–H and O–H groups in total. The molecule has 2 rings (SSSR count). The molecule has 2 aliphatic rings. The van der Waals surface area contributed by atoms with Crippen molar-refractivity contribution >= 4 is 0 Å². The summed E-state index contributed by atoms with van der Waals surface area (Å²) in [6.07, 6.45) is -2.09. The van der Waals surface area contributed by atoms with Gasteiger partial charge in [0.2, 0.25) is 0 Å². The third-order valence-electron chi connectivity index (χ3n) is 3.72. The van der Waals surface area contributed by atoms with E-state index in [0.29, 0.717) is 39.0 Å². The lowest BCUT2D eigenvalue weighted by Crippen LogP contribution is -2.58. The van der Waals surface area contributed by atoms with E-state index in [4.69, 9.17) is 10.5 Å². The number of halogens is 3. The summed E-state index contributed by atoms with van der Waals surface area (Å²) in [4.78, 5) is 1.60. The van der Waals surface area contributed by atoms with Crippen molar-refractivity contribution in [2.24, 2.45) is 5.73 Å². The van der Waals surface area contributed by atoms with Crippen molar-refractivity contribution in [3.8, 4) is 0 Å². The van der Waals surface area contributed by atoms with Crippen LogP contribution in [0.4, 0.5) is 13.2 Å². The lowest BCUT2D eigenvalue weighted by Gasteiger charge is -2.44. The minimum atomic E-state index is -4.17. The number of ether oxygens (including phenoxy) is 1. The molecular weight excluding hydrogens is 233 g/mol. The molecule has 0 aromatic heterocycles. The third-order valence-corrected chi connectivity index (χ3v) is 3.72. The van der Waals surface area contributed by atoms with E-state index in [-0.39, 0.29) is 18.5 Å². The SMILES string of the molecule is N[C@@H]1CCN(C2CCOCC2)[C@@H](C(F)(F)F)C1. The van der Waals surface area contributed by atoms with Gasteiger partial charge in [-0.05, 0) is 25.7 Å². The molecule has 0 unspecified atom stereocenters. The minimum Gasteiger partial charge on any atom is -0.381 e. The first-order valence-electron chi connectivity index (χ1n) is 6.14. The maximum absolute atomic E-state index is 13.0. The average Bonchev–Trinajstić information content (AvgIpc) is 2.29. The van der Waals surface area contributed by atoms with Gasteiger partial charge in [-0.2, -0.15) is 13.2 Å². The summed E-state index contributed by atoms with van der Waals surface area (Å²) >= 11 is 0. The Morgan fingerprint density at radius 3 is 2.35 bits per heavy atom. The van der Waals surface area contributed by atoms with Crippen LogP contribution in [0.1, 0.15) is 25.7 Å². The van der Waals surface area contributed by atoms with Crippen LogP contribution in [0, 0.1) is 0 Å². The van der Waals surface area contributed by atoms with Gasteiger partial charge < -0.3 is 10.5 Å². The number of nitrogens with zero attached hydrogens (tertiary/aromatic N) is 1. The second-order valence-electron chi connectivity index (χ2n) is 4.92. The second-order valence-corrected chi connectivity index (χ2v) is 4.92. The molecule has 100 valence electrons. The Kier molecular flexibility index (Phi) is 3.95. The standard InChI is InChI=1S/C11H19F3N2O/c12-11(13,14)10-7-8(15)1-4-16(10)9-2-5-17-6-3-9/h8-10H,1-7,15H2/t8-,10-/m1/s1. The van der Waals surface area contributed by atoms with Gasteiger partial charge in [-0.15, -0.1) is 0 Å². The fraction of sp³-hybridized carbons (Fsp3) is 1.00. The van der Waals surface area contributed by atoms with E-state index in [0.717, 1.165) is 0 Å². The molecule has 0 aromatic carbocycles. The van der Waals surface area contributed by atoms with Gasteiger partial charge >= 0.3 is 6.18 Å². The largest absolute Gasteiger partial charge is 0.404 e. The molecule has 0 radical (unpaired) electrons. The van der Waals surface area contributed by atoms with E-state index in [9.17, 15) is 13.2 Å². The highest BCUT2D eigenvalue weighted by molar-refractivity contribution is 4.92. The van der Waals surface area contributed by atoms with E-state index in [1.807, 2.05) is 0 Å². The summed E-state index contributed by atoms with van der Waals surface area (Å²) in [6.45, 7) is 1.59.